The zero-order chi connectivity index (χ0) is 20.7. The Hall–Kier alpha value is -1.17. The summed E-state index contributed by atoms with van der Waals surface area (Å²) in [5.41, 5.74) is 2.33. The molecule has 0 saturated carbocycles. The molecule has 1 aromatic carbocycles. The number of hydrogen-bond acceptors (Lipinski definition) is 4. The van der Waals surface area contributed by atoms with Gasteiger partial charge in [0.05, 0.1) is 4.90 Å². The fourth-order valence-electron chi connectivity index (χ4n) is 3.36. The molecule has 1 aliphatic rings. The van der Waals surface area contributed by atoms with E-state index in [2.05, 4.69) is 39.4 Å². The van der Waals surface area contributed by atoms with Gasteiger partial charge in [-0.1, -0.05) is 25.5 Å². The molecular formula is C21H31IN4O2S2. The summed E-state index contributed by atoms with van der Waals surface area (Å²) in [7, 11) is -1.63. The molecule has 1 aromatic heterocycles. The summed E-state index contributed by atoms with van der Waals surface area (Å²) in [5.74, 6) is 1.14. The molecule has 2 heterocycles. The van der Waals surface area contributed by atoms with Gasteiger partial charge in [0, 0.05) is 33.2 Å². The predicted molar refractivity (Wildman–Crippen MR) is 135 cm³/mol. The Kier molecular flexibility index (Phi) is 10.1. The van der Waals surface area contributed by atoms with Gasteiger partial charge in [0.2, 0.25) is 10.0 Å². The maximum Gasteiger partial charge on any atom is 0.243 e. The van der Waals surface area contributed by atoms with Crippen molar-refractivity contribution in [3.63, 3.8) is 0 Å². The number of nitrogens with one attached hydrogen (secondary N) is 2. The Morgan fingerprint density at radius 2 is 1.83 bits per heavy atom. The average Bonchev–Trinajstić information content (AvgIpc) is 3.30. The third-order valence-corrected chi connectivity index (χ3v) is 7.86. The largest absolute Gasteiger partial charge is 0.356 e. The van der Waals surface area contributed by atoms with E-state index in [1.165, 1.54) is 5.56 Å². The van der Waals surface area contributed by atoms with Crippen LogP contribution >= 0.6 is 35.3 Å². The minimum absolute atomic E-state index is 0. The lowest BCUT2D eigenvalue weighted by molar-refractivity contribution is 0.346. The van der Waals surface area contributed by atoms with Crippen molar-refractivity contribution in [1.82, 2.24) is 14.9 Å². The van der Waals surface area contributed by atoms with Gasteiger partial charge in [-0.15, -0.1) is 24.0 Å². The summed E-state index contributed by atoms with van der Waals surface area (Å²) < 4.78 is 27.1. The Morgan fingerprint density at radius 1 is 1.13 bits per heavy atom. The summed E-state index contributed by atoms with van der Waals surface area (Å²) in [6, 6.07) is 9.29. The molecule has 0 bridgehead atoms. The van der Waals surface area contributed by atoms with E-state index in [0.29, 0.717) is 30.4 Å². The summed E-state index contributed by atoms with van der Waals surface area (Å²) in [5, 5.41) is 10.9. The third-order valence-electron chi connectivity index (χ3n) is 5.25. The van der Waals surface area contributed by atoms with Gasteiger partial charge in [-0.2, -0.15) is 15.6 Å². The lowest BCUT2D eigenvalue weighted by Crippen LogP contribution is -2.38. The van der Waals surface area contributed by atoms with Crippen LogP contribution in [0.2, 0.25) is 0 Å². The van der Waals surface area contributed by atoms with Gasteiger partial charge >= 0.3 is 0 Å². The number of aliphatic imine (C=N–C) groups is 1. The Bertz CT molecular complexity index is 894. The van der Waals surface area contributed by atoms with Gasteiger partial charge in [-0.25, -0.2) is 8.42 Å². The number of benzene rings is 1. The molecule has 2 N–H and O–H groups in total. The summed E-state index contributed by atoms with van der Waals surface area (Å²) in [6.45, 7) is 4.80. The quantitative estimate of drug-likeness (QED) is 0.304. The van der Waals surface area contributed by atoms with Crippen molar-refractivity contribution in [3.05, 3.63) is 52.2 Å². The van der Waals surface area contributed by atoms with Gasteiger partial charge in [-0.3, -0.25) is 4.99 Å². The average molecular weight is 563 g/mol. The standard InChI is InChI=1S/C21H30N4O2S2.HI/c1-17(19-10-13-28-16-19)14-23-21(22-2)24-15-18-6-8-20(9-7-18)29(26,27)25-11-4-3-5-12-25;/h6-10,13,16-17H,3-5,11-12,14-15H2,1-2H3,(H2,22,23,24);1H. The van der Waals surface area contributed by atoms with Crippen LogP contribution in [0.5, 0.6) is 0 Å². The zero-order valence-corrected chi connectivity index (χ0v) is 21.5. The van der Waals surface area contributed by atoms with Gasteiger partial charge in [0.1, 0.15) is 0 Å². The molecule has 1 unspecified atom stereocenters. The number of sulfonamides is 1. The molecule has 9 heteroatoms. The molecule has 0 amide bonds. The molecule has 6 nitrogen and oxygen atoms in total. The van der Waals surface area contributed by atoms with Gasteiger partial charge in [0.15, 0.2) is 5.96 Å². The molecule has 1 aliphatic heterocycles. The number of halogens is 1. The van der Waals surface area contributed by atoms with Crippen LogP contribution in [0.25, 0.3) is 0 Å². The summed E-state index contributed by atoms with van der Waals surface area (Å²) >= 11 is 1.71. The summed E-state index contributed by atoms with van der Waals surface area (Å²) in [4.78, 5) is 4.64. The molecule has 2 aromatic rings. The van der Waals surface area contributed by atoms with Crippen molar-refractivity contribution in [2.45, 2.75) is 43.5 Å². The van der Waals surface area contributed by atoms with Crippen molar-refractivity contribution < 1.29 is 8.42 Å². The fourth-order valence-corrected chi connectivity index (χ4v) is 5.66. The van der Waals surface area contributed by atoms with Crippen molar-refractivity contribution >= 4 is 51.3 Å². The first-order valence-electron chi connectivity index (χ1n) is 10.1. The second-order valence-corrected chi connectivity index (χ2v) is 10.1. The molecule has 0 radical (unpaired) electrons. The smallest absolute Gasteiger partial charge is 0.243 e. The fraction of sp³-hybridized carbons (Fsp3) is 0.476. The SMILES string of the molecule is CN=C(NCc1ccc(S(=O)(=O)N2CCCCC2)cc1)NCC(C)c1ccsc1.I. The van der Waals surface area contributed by atoms with E-state index in [0.717, 1.165) is 37.3 Å². The Morgan fingerprint density at radius 3 is 2.43 bits per heavy atom. The number of rotatable bonds is 7. The van der Waals surface area contributed by atoms with E-state index < -0.39 is 10.0 Å². The van der Waals surface area contributed by atoms with Gasteiger partial charge < -0.3 is 10.6 Å². The van der Waals surface area contributed by atoms with Crippen LogP contribution in [0.1, 0.15) is 43.2 Å². The maximum atomic E-state index is 12.7. The van der Waals surface area contributed by atoms with Crippen LogP contribution in [0.15, 0.2) is 51.0 Å². The van der Waals surface area contributed by atoms with Crippen LogP contribution in [0, 0.1) is 0 Å². The third kappa shape index (κ3) is 6.66. The van der Waals surface area contributed by atoms with Crippen molar-refractivity contribution in [3.8, 4) is 0 Å². The van der Waals surface area contributed by atoms with Gasteiger partial charge in [-0.05, 0) is 58.8 Å². The minimum Gasteiger partial charge on any atom is -0.356 e. The highest BCUT2D eigenvalue weighted by Crippen LogP contribution is 2.21. The normalized spacial score (nSPS) is 16.5. The maximum absolute atomic E-state index is 12.7. The van der Waals surface area contributed by atoms with E-state index in [4.69, 9.17) is 0 Å². The zero-order valence-electron chi connectivity index (χ0n) is 17.5. The van der Waals surface area contributed by atoms with Gasteiger partial charge in [0.25, 0.3) is 0 Å². The van der Waals surface area contributed by atoms with Crippen molar-refractivity contribution in [2.75, 3.05) is 26.7 Å². The van der Waals surface area contributed by atoms with E-state index in [1.54, 1.807) is 34.8 Å². The number of nitrogens with zero attached hydrogens (tertiary/aromatic N) is 2. The van der Waals surface area contributed by atoms with E-state index in [1.807, 2.05) is 12.1 Å². The predicted octanol–water partition coefficient (Wildman–Crippen LogP) is 4.01. The van der Waals surface area contributed by atoms with Crippen LogP contribution in [-0.2, 0) is 16.6 Å². The first kappa shape index (κ1) is 25.1. The van der Waals surface area contributed by atoms with Crippen LogP contribution in [-0.4, -0.2) is 45.4 Å². The lowest BCUT2D eigenvalue weighted by atomic mass is 10.1. The molecular weight excluding hydrogens is 531 g/mol. The second-order valence-electron chi connectivity index (χ2n) is 7.37. The Labute approximate surface area is 201 Å². The lowest BCUT2D eigenvalue weighted by Gasteiger charge is -2.25. The van der Waals surface area contributed by atoms with Crippen LogP contribution in [0.4, 0.5) is 0 Å². The number of thiophene rings is 1. The van der Waals surface area contributed by atoms with E-state index in [-0.39, 0.29) is 24.0 Å². The highest BCUT2D eigenvalue weighted by Gasteiger charge is 2.25. The highest BCUT2D eigenvalue weighted by atomic mass is 127. The minimum atomic E-state index is -3.38. The Balaban J connectivity index is 0.00000320. The highest BCUT2D eigenvalue weighted by molar-refractivity contribution is 14.0. The molecule has 1 atom stereocenters. The molecule has 30 heavy (non-hydrogen) atoms. The van der Waals surface area contributed by atoms with Crippen molar-refractivity contribution in [2.24, 2.45) is 4.99 Å². The number of hydrogen-bond donors (Lipinski definition) is 2. The number of piperidine rings is 1. The van der Waals surface area contributed by atoms with Crippen LogP contribution < -0.4 is 10.6 Å². The van der Waals surface area contributed by atoms with Crippen molar-refractivity contribution in [1.29, 1.82) is 0 Å². The molecule has 3 rings (SSSR count). The molecule has 1 saturated heterocycles. The molecule has 1 fully saturated rings. The first-order valence-corrected chi connectivity index (χ1v) is 12.4. The van der Waals surface area contributed by atoms with E-state index in [9.17, 15) is 8.42 Å². The summed E-state index contributed by atoms with van der Waals surface area (Å²) in [6.07, 6.45) is 2.99. The topological polar surface area (TPSA) is 73.8 Å². The molecule has 0 spiro atoms. The number of guanidine groups is 1. The van der Waals surface area contributed by atoms with Crippen LogP contribution in [0.3, 0.4) is 0 Å². The first-order chi connectivity index (χ1) is 14.0. The molecule has 0 aliphatic carbocycles. The molecule has 166 valence electrons. The van der Waals surface area contributed by atoms with E-state index >= 15 is 0 Å². The monoisotopic (exact) mass is 562 g/mol. The second kappa shape index (κ2) is 12.0.